The lowest BCUT2D eigenvalue weighted by molar-refractivity contribution is -0.142. The molecule has 2 N–H and O–H groups in total. The molecule has 4 aromatic carbocycles. The van der Waals surface area contributed by atoms with Crippen LogP contribution in [-0.2, 0) is 29.0 Å². The van der Waals surface area contributed by atoms with Gasteiger partial charge in [-0.3, -0.25) is 14.6 Å². The third-order valence-electron chi connectivity index (χ3n) is 11.7. The molecule has 3 aliphatic rings. The topological polar surface area (TPSA) is 137 Å². The zero-order valence-electron chi connectivity index (χ0n) is 33.4. The van der Waals surface area contributed by atoms with Crippen LogP contribution in [0.1, 0.15) is 82.1 Å². The van der Waals surface area contributed by atoms with E-state index in [1.165, 1.54) is 37.0 Å². The van der Waals surface area contributed by atoms with E-state index in [-0.39, 0.29) is 31.4 Å². The fraction of sp³-hybridized carbons (Fsp3) is 0.333. The van der Waals surface area contributed by atoms with Crippen molar-refractivity contribution in [2.45, 2.75) is 83.5 Å². The molecule has 5 aromatic rings. The highest BCUT2D eigenvalue weighted by Gasteiger charge is 2.38. The fourth-order valence-corrected chi connectivity index (χ4v) is 8.11. The molecule has 0 radical (unpaired) electrons. The van der Waals surface area contributed by atoms with Crippen LogP contribution in [0.2, 0.25) is 0 Å². The fourth-order valence-electron chi connectivity index (χ4n) is 8.11. The summed E-state index contributed by atoms with van der Waals surface area (Å²) in [5.74, 6) is 1.77. The number of carboxylic acids is 1. The van der Waals surface area contributed by atoms with Crippen LogP contribution in [0.15, 0.2) is 103 Å². The molecule has 1 saturated carbocycles. The molecule has 1 fully saturated rings. The van der Waals surface area contributed by atoms with E-state index in [1.54, 1.807) is 60.8 Å². The SMILES string of the molecule is Cc1nccc(Oc2ccc(CC(NC(=O)[C@@H]3Cc4cc5c(cc4CN3C(=O)c3ccccc3)O[C@@H](c3ccc(OCC4CCCCC4)cc3)CO5)C(=O)O)cc2)c1C. The smallest absolute Gasteiger partial charge is 0.326 e. The number of nitrogens with zero attached hydrogens (tertiary/aromatic N) is 2. The molecule has 304 valence electrons. The Kier molecular flexibility index (Phi) is 11.8. The second-order valence-corrected chi connectivity index (χ2v) is 15.8. The molecule has 8 rings (SSSR count). The molecule has 11 nitrogen and oxygen atoms in total. The lowest BCUT2D eigenvalue weighted by Crippen LogP contribution is -2.56. The van der Waals surface area contributed by atoms with E-state index in [4.69, 9.17) is 18.9 Å². The van der Waals surface area contributed by atoms with E-state index in [1.807, 2.05) is 56.3 Å². The van der Waals surface area contributed by atoms with E-state index < -0.39 is 24.0 Å². The number of carbonyl (C=O) groups is 3. The summed E-state index contributed by atoms with van der Waals surface area (Å²) in [6, 6.07) is 27.2. The van der Waals surface area contributed by atoms with Gasteiger partial charge in [0.15, 0.2) is 17.6 Å². The Morgan fingerprint density at radius 2 is 1.61 bits per heavy atom. The highest BCUT2D eigenvalue weighted by Crippen LogP contribution is 2.41. The molecular formula is C48H49N3O8. The molecule has 1 unspecified atom stereocenters. The number of carbonyl (C=O) groups excluding carboxylic acids is 2. The predicted molar refractivity (Wildman–Crippen MR) is 221 cm³/mol. The molecule has 2 aliphatic heterocycles. The second-order valence-electron chi connectivity index (χ2n) is 15.8. The number of nitrogens with one attached hydrogen (secondary N) is 1. The zero-order chi connectivity index (χ0) is 40.9. The van der Waals surface area contributed by atoms with Crippen molar-refractivity contribution in [1.82, 2.24) is 15.2 Å². The monoisotopic (exact) mass is 795 g/mol. The van der Waals surface area contributed by atoms with Crippen LogP contribution in [0.3, 0.4) is 0 Å². The van der Waals surface area contributed by atoms with Crippen molar-refractivity contribution < 1.29 is 38.4 Å². The summed E-state index contributed by atoms with van der Waals surface area (Å²) >= 11 is 0. The van der Waals surface area contributed by atoms with Gasteiger partial charge in [-0.05, 0) is 109 Å². The highest BCUT2D eigenvalue weighted by atomic mass is 16.6. The molecule has 59 heavy (non-hydrogen) atoms. The average molecular weight is 796 g/mol. The number of aromatic nitrogens is 1. The van der Waals surface area contributed by atoms with Gasteiger partial charge in [0.1, 0.15) is 35.9 Å². The summed E-state index contributed by atoms with van der Waals surface area (Å²) in [5, 5.41) is 13.0. The minimum Gasteiger partial charge on any atom is -0.493 e. The number of ether oxygens (including phenoxy) is 4. The van der Waals surface area contributed by atoms with Crippen molar-refractivity contribution in [2.24, 2.45) is 5.92 Å². The molecule has 11 heteroatoms. The number of rotatable bonds is 12. The number of aryl methyl sites for hydroxylation is 1. The van der Waals surface area contributed by atoms with Crippen LogP contribution >= 0.6 is 0 Å². The average Bonchev–Trinajstić information content (AvgIpc) is 3.26. The maximum absolute atomic E-state index is 14.2. The normalized spacial score (nSPS) is 18.0. The maximum atomic E-state index is 14.2. The van der Waals surface area contributed by atoms with Crippen molar-refractivity contribution in [2.75, 3.05) is 13.2 Å². The molecule has 1 aromatic heterocycles. The van der Waals surface area contributed by atoms with Gasteiger partial charge in [0.05, 0.1) is 6.61 Å². The van der Waals surface area contributed by atoms with Crippen LogP contribution < -0.4 is 24.3 Å². The minimum absolute atomic E-state index is 0.0285. The lowest BCUT2D eigenvalue weighted by Gasteiger charge is -2.37. The van der Waals surface area contributed by atoms with Crippen LogP contribution in [0.4, 0.5) is 0 Å². The Balaban J connectivity index is 0.966. The molecular weight excluding hydrogens is 747 g/mol. The van der Waals surface area contributed by atoms with Crippen LogP contribution in [-0.4, -0.2) is 58.1 Å². The molecule has 0 spiro atoms. The summed E-state index contributed by atoms with van der Waals surface area (Å²) < 4.78 is 24.9. The van der Waals surface area contributed by atoms with E-state index in [0.717, 1.165) is 40.3 Å². The number of hydrogen-bond donors (Lipinski definition) is 2. The Bertz CT molecular complexity index is 2290. The largest absolute Gasteiger partial charge is 0.493 e. The van der Waals surface area contributed by atoms with Crippen LogP contribution in [0.5, 0.6) is 28.7 Å². The summed E-state index contributed by atoms with van der Waals surface area (Å²) in [6.07, 6.45) is 7.87. The summed E-state index contributed by atoms with van der Waals surface area (Å²) in [7, 11) is 0. The number of aliphatic carboxylic acids is 1. The first-order valence-electron chi connectivity index (χ1n) is 20.4. The predicted octanol–water partition coefficient (Wildman–Crippen LogP) is 8.34. The van der Waals surface area contributed by atoms with Gasteiger partial charge in [0, 0.05) is 42.4 Å². The van der Waals surface area contributed by atoms with Gasteiger partial charge < -0.3 is 34.3 Å². The van der Waals surface area contributed by atoms with Crippen molar-refractivity contribution in [3.05, 3.63) is 142 Å². The number of carboxylic acid groups (broad SMARTS) is 1. The van der Waals surface area contributed by atoms with Crippen molar-refractivity contribution in [3.63, 3.8) is 0 Å². The Hall–Kier alpha value is -6.36. The summed E-state index contributed by atoms with van der Waals surface area (Å²) in [6.45, 7) is 5.00. The number of amides is 2. The quantitative estimate of drug-likeness (QED) is 0.128. The standard InChI is InChI=1S/C48H49N3O8/c1-30-31(2)49-22-21-42(30)58-39-17-13-32(14-18-39)23-40(48(54)55)50-46(52)41-24-36-25-43-44(26-37(36)27-51(41)47(53)35-11-7-4-8-12-35)59-45(29-57-43)34-15-19-38(20-16-34)56-28-33-9-5-3-6-10-33/h4,7-8,11-22,25-26,33,40-41,45H,3,5-6,9-10,23-24,27-29H2,1-2H3,(H,50,52)(H,54,55)/t40?,41-,45+/m0/s1. The molecule has 2 amide bonds. The van der Waals surface area contributed by atoms with Gasteiger partial charge in [-0.15, -0.1) is 0 Å². The van der Waals surface area contributed by atoms with E-state index in [2.05, 4.69) is 10.3 Å². The number of pyridine rings is 1. The lowest BCUT2D eigenvalue weighted by atomic mass is 9.90. The zero-order valence-corrected chi connectivity index (χ0v) is 33.4. The van der Waals surface area contributed by atoms with Crippen molar-refractivity contribution >= 4 is 17.8 Å². The minimum atomic E-state index is -1.25. The molecule has 1 aliphatic carbocycles. The Morgan fingerprint density at radius 1 is 0.881 bits per heavy atom. The van der Waals surface area contributed by atoms with Gasteiger partial charge in [0.2, 0.25) is 5.91 Å². The third kappa shape index (κ3) is 9.19. The van der Waals surface area contributed by atoms with Gasteiger partial charge in [0.25, 0.3) is 5.91 Å². The van der Waals surface area contributed by atoms with E-state index in [9.17, 15) is 19.5 Å². The first kappa shape index (κ1) is 39.5. The number of fused-ring (bicyclic) bond motifs is 2. The molecule has 3 atom stereocenters. The Labute approximate surface area is 344 Å². The van der Waals surface area contributed by atoms with Gasteiger partial charge in [-0.2, -0.15) is 0 Å². The van der Waals surface area contributed by atoms with Crippen molar-refractivity contribution in [1.29, 1.82) is 0 Å². The maximum Gasteiger partial charge on any atom is 0.326 e. The van der Waals surface area contributed by atoms with Crippen LogP contribution in [0.25, 0.3) is 0 Å². The van der Waals surface area contributed by atoms with E-state index in [0.29, 0.717) is 46.6 Å². The number of hydrogen-bond acceptors (Lipinski definition) is 8. The molecule has 0 saturated heterocycles. The van der Waals surface area contributed by atoms with Gasteiger partial charge >= 0.3 is 5.97 Å². The Morgan fingerprint density at radius 3 is 2.36 bits per heavy atom. The van der Waals surface area contributed by atoms with Gasteiger partial charge in [-0.1, -0.05) is 61.7 Å². The molecule has 0 bridgehead atoms. The van der Waals surface area contributed by atoms with Crippen LogP contribution in [0, 0.1) is 19.8 Å². The second kappa shape index (κ2) is 17.6. The third-order valence-corrected chi connectivity index (χ3v) is 11.7. The van der Waals surface area contributed by atoms with Gasteiger partial charge in [-0.25, -0.2) is 4.79 Å². The first-order chi connectivity index (χ1) is 28.7. The highest BCUT2D eigenvalue weighted by molar-refractivity contribution is 5.98. The van der Waals surface area contributed by atoms with Crippen molar-refractivity contribution in [3.8, 4) is 28.7 Å². The molecule has 3 heterocycles. The number of benzene rings is 4. The first-order valence-corrected chi connectivity index (χ1v) is 20.4. The summed E-state index contributed by atoms with van der Waals surface area (Å²) in [4.78, 5) is 46.6. The summed E-state index contributed by atoms with van der Waals surface area (Å²) in [5.41, 5.74) is 5.52. The van der Waals surface area contributed by atoms with E-state index >= 15 is 0 Å².